The van der Waals surface area contributed by atoms with Gasteiger partial charge in [0.15, 0.2) is 0 Å². The Labute approximate surface area is 151 Å². The Morgan fingerprint density at radius 2 is 1.81 bits per heavy atom. The zero-order valence-corrected chi connectivity index (χ0v) is 14.8. The lowest BCUT2D eigenvalue weighted by Gasteiger charge is -2.30. The van der Waals surface area contributed by atoms with Gasteiger partial charge in [-0.15, -0.1) is 4.31 Å². The molecule has 1 saturated heterocycles. The topological polar surface area (TPSA) is 83.6 Å². The Morgan fingerprint density at radius 1 is 1.04 bits per heavy atom. The zero-order chi connectivity index (χ0) is 18.1. The molecule has 7 heteroatoms. The zero-order valence-electron chi connectivity index (χ0n) is 14.0. The van der Waals surface area contributed by atoms with Crippen molar-refractivity contribution < 1.29 is 18.0 Å². The van der Waals surface area contributed by atoms with Gasteiger partial charge in [0.2, 0.25) is 0 Å². The van der Waals surface area contributed by atoms with Gasteiger partial charge >= 0.3 is 6.03 Å². The van der Waals surface area contributed by atoms with E-state index in [0.29, 0.717) is 16.6 Å². The Balaban J connectivity index is 1.57. The first-order chi connectivity index (χ1) is 12.4. The number of urea groups is 1. The van der Waals surface area contributed by atoms with Crippen LogP contribution in [0.1, 0.15) is 25.7 Å². The number of rotatable bonds is 2. The molecule has 3 amide bonds. The van der Waals surface area contributed by atoms with Crippen LogP contribution in [0.15, 0.2) is 47.4 Å². The third-order valence-electron chi connectivity index (χ3n) is 6.19. The molecule has 3 fully saturated rings. The Kier molecular flexibility index (Phi) is 3.08. The first kappa shape index (κ1) is 15.8. The van der Waals surface area contributed by atoms with E-state index in [9.17, 15) is 18.0 Å². The first-order valence-corrected chi connectivity index (χ1v) is 10.3. The maximum Gasteiger partial charge on any atom is 0.339 e. The highest BCUT2D eigenvalue weighted by molar-refractivity contribution is 7.90. The van der Waals surface area contributed by atoms with Crippen LogP contribution in [0.3, 0.4) is 0 Å². The summed E-state index contributed by atoms with van der Waals surface area (Å²) in [5, 5.41) is 4.37. The Bertz CT molecular complexity index is 1060. The van der Waals surface area contributed by atoms with Gasteiger partial charge in [-0.05, 0) is 60.4 Å². The van der Waals surface area contributed by atoms with Crippen LogP contribution in [0.25, 0.3) is 10.8 Å². The monoisotopic (exact) mass is 370 g/mol. The molecule has 134 valence electrons. The number of fused-ring (bicyclic) bond motifs is 4. The predicted octanol–water partition coefficient (Wildman–Crippen LogP) is 2.64. The largest absolute Gasteiger partial charge is 0.339 e. The van der Waals surface area contributed by atoms with Crippen molar-refractivity contribution >= 4 is 32.7 Å². The third-order valence-corrected chi connectivity index (χ3v) is 7.85. The highest BCUT2D eigenvalue weighted by atomic mass is 32.2. The van der Waals surface area contributed by atoms with Crippen LogP contribution in [0.2, 0.25) is 0 Å². The molecule has 0 radical (unpaired) electrons. The maximum absolute atomic E-state index is 13.1. The summed E-state index contributed by atoms with van der Waals surface area (Å²) in [4.78, 5) is 25.6. The second kappa shape index (κ2) is 5.07. The molecule has 6 nitrogen and oxygen atoms in total. The number of amides is 3. The van der Waals surface area contributed by atoms with Gasteiger partial charge < -0.3 is 5.32 Å². The van der Waals surface area contributed by atoms with Gasteiger partial charge in [0.1, 0.15) is 5.54 Å². The fraction of sp³-hybridized carbons (Fsp3) is 0.368. The molecule has 0 aromatic heterocycles. The van der Waals surface area contributed by atoms with Crippen molar-refractivity contribution in [3.63, 3.8) is 0 Å². The molecule has 2 bridgehead atoms. The average Bonchev–Trinajstić information content (AvgIpc) is 3.28. The van der Waals surface area contributed by atoms with Crippen LogP contribution < -0.4 is 5.32 Å². The standard InChI is InChI=1S/C19H18N2O4S/c22-17-19(11-12-5-7-15(19)9-12)20-18(23)21(17)26(24,25)16-8-6-13-3-1-2-4-14(13)10-16/h1-4,6,8,10,12,15H,5,7,9,11H2,(H,20,23)/t12-,15+,19?/m1/s1. The molecule has 2 saturated carbocycles. The highest BCUT2D eigenvalue weighted by Gasteiger charge is 2.64. The molecule has 3 aliphatic rings. The van der Waals surface area contributed by atoms with Crippen molar-refractivity contribution in [2.75, 3.05) is 0 Å². The van der Waals surface area contributed by atoms with Crippen molar-refractivity contribution in [3.05, 3.63) is 42.5 Å². The fourth-order valence-corrected chi connectivity index (χ4v) is 6.34. The fourth-order valence-electron chi connectivity index (χ4n) is 4.97. The van der Waals surface area contributed by atoms with Crippen LogP contribution >= 0.6 is 0 Å². The van der Waals surface area contributed by atoms with Gasteiger partial charge in [-0.25, -0.2) is 13.2 Å². The molecule has 1 N–H and O–H groups in total. The molecule has 2 aliphatic carbocycles. The summed E-state index contributed by atoms with van der Waals surface area (Å²) in [6, 6.07) is 11.2. The quantitative estimate of drug-likeness (QED) is 0.824. The molecular formula is C19H18N2O4S. The second-order valence-electron chi connectivity index (χ2n) is 7.57. The lowest BCUT2D eigenvalue weighted by molar-refractivity contribution is -0.129. The molecule has 2 aromatic rings. The van der Waals surface area contributed by atoms with Crippen LogP contribution in [0.4, 0.5) is 4.79 Å². The van der Waals surface area contributed by atoms with Crippen molar-refractivity contribution in [2.45, 2.75) is 36.1 Å². The van der Waals surface area contributed by atoms with E-state index in [0.717, 1.165) is 30.0 Å². The van der Waals surface area contributed by atoms with E-state index in [1.807, 2.05) is 18.2 Å². The summed E-state index contributed by atoms with van der Waals surface area (Å²) in [5.74, 6) is -0.170. The number of nitrogens with zero attached hydrogens (tertiary/aromatic N) is 1. The number of nitrogens with one attached hydrogen (secondary N) is 1. The van der Waals surface area contributed by atoms with E-state index in [-0.39, 0.29) is 10.8 Å². The predicted molar refractivity (Wildman–Crippen MR) is 94.7 cm³/mol. The van der Waals surface area contributed by atoms with E-state index in [4.69, 9.17) is 0 Å². The molecular weight excluding hydrogens is 352 g/mol. The van der Waals surface area contributed by atoms with Crippen LogP contribution in [0, 0.1) is 11.8 Å². The number of hydrogen-bond donors (Lipinski definition) is 1. The summed E-state index contributed by atoms with van der Waals surface area (Å²) in [6.07, 6.45) is 3.34. The SMILES string of the molecule is O=C1NC2(C[C@@H]3CC[C@H]2C3)C(=O)N1S(=O)(=O)c1ccc2ccccc2c1. The molecule has 2 aromatic carbocycles. The van der Waals surface area contributed by atoms with Gasteiger partial charge in [-0.1, -0.05) is 30.3 Å². The summed E-state index contributed by atoms with van der Waals surface area (Å²) < 4.78 is 26.6. The van der Waals surface area contributed by atoms with Crippen molar-refractivity contribution in [3.8, 4) is 0 Å². The van der Waals surface area contributed by atoms with Crippen LogP contribution in [-0.2, 0) is 14.8 Å². The minimum absolute atomic E-state index is 0.0418. The molecule has 3 atom stereocenters. The third kappa shape index (κ3) is 1.95. The molecule has 26 heavy (non-hydrogen) atoms. The summed E-state index contributed by atoms with van der Waals surface area (Å²) in [7, 11) is -4.24. The number of hydrogen-bond acceptors (Lipinski definition) is 4. The van der Waals surface area contributed by atoms with E-state index in [2.05, 4.69) is 5.32 Å². The van der Waals surface area contributed by atoms with E-state index in [1.165, 1.54) is 12.1 Å². The second-order valence-corrected chi connectivity index (χ2v) is 9.35. The minimum Gasteiger partial charge on any atom is -0.322 e. The number of sulfonamides is 1. The van der Waals surface area contributed by atoms with Gasteiger partial charge in [0.05, 0.1) is 4.90 Å². The van der Waals surface area contributed by atoms with Gasteiger partial charge in [0, 0.05) is 0 Å². The normalized spacial score (nSPS) is 30.5. The summed E-state index contributed by atoms with van der Waals surface area (Å²) >= 11 is 0. The Hall–Kier alpha value is -2.41. The summed E-state index contributed by atoms with van der Waals surface area (Å²) in [5.41, 5.74) is -1.02. The van der Waals surface area contributed by atoms with Crippen molar-refractivity contribution in [1.82, 2.24) is 9.62 Å². The van der Waals surface area contributed by atoms with Gasteiger partial charge in [-0.2, -0.15) is 0 Å². The Morgan fingerprint density at radius 3 is 2.50 bits per heavy atom. The van der Waals surface area contributed by atoms with Crippen molar-refractivity contribution in [1.29, 1.82) is 0 Å². The average molecular weight is 370 g/mol. The van der Waals surface area contributed by atoms with Crippen LogP contribution in [-0.4, -0.2) is 30.2 Å². The summed E-state index contributed by atoms with van der Waals surface area (Å²) in [6.45, 7) is 0. The smallest absolute Gasteiger partial charge is 0.322 e. The van der Waals surface area contributed by atoms with Crippen LogP contribution in [0.5, 0.6) is 0 Å². The highest BCUT2D eigenvalue weighted by Crippen LogP contribution is 2.53. The van der Waals surface area contributed by atoms with Crippen molar-refractivity contribution in [2.24, 2.45) is 11.8 Å². The van der Waals surface area contributed by atoms with E-state index < -0.39 is 27.5 Å². The maximum atomic E-state index is 13.1. The number of carbonyl (C=O) groups excluding carboxylic acids is 2. The molecule has 1 heterocycles. The van der Waals surface area contributed by atoms with Gasteiger partial charge in [-0.3, -0.25) is 4.79 Å². The molecule has 5 rings (SSSR count). The molecule has 1 aliphatic heterocycles. The molecule has 1 spiro atoms. The van der Waals surface area contributed by atoms with Gasteiger partial charge in [0.25, 0.3) is 15.9 Å². The number of imide groups is 1. The number of carbonyl (C=O) groups is 2. The lowest BCUT2D eigenvalue weighted by atomic mass is 9.81. The lowest BCUT2D eigenvalue weighted by Crippen LogP contribution is -2.51. The number of benzene rings is 2. The minimum atomic E-state index is -4.24. The van der Waals surface area contributed by atoms with E-state index in [1.54, 1.807) is 12.1 Å². The first-order valence-electron chi connectivity index (χ1n) is 8.82. The molecule has 1 unspecified atom stereocenters. The van der Waals surface area contributed by atoms with E-state index >= 15 is 0 Å².